The number of ether oxygens (including phenoxy) is 1. The van der Waals surface area contributed by atoms with Crippen molar-refractivity contribution in [2.24, 2.45) is 0 Å². The molecule has 1 heterocycles. The molecule has 0 bridgehead atoms. The highest BCUT2D eigenvalue weighted by Crippen LogP contribution is 2.31. The van der Waals surface area contributed by atoms with Gasteiger partial charge in [0, 0.05) is 42.2 Å². The van der Waals surface area contributed by atoms with Crippen LogP contribution in [0, 0.1) is 5.82 Å². The Hall–Kier alpha value is -4.18. The number of hydrogen-bond acceptors (Lipinski definition) is 3. The number of rotatable bonds is 8. The lowest BCUT2D eigenvalue weighted by Crippen LogP contribution is -2.27. The summed E-state index contributed by atoms with van der Waals surface area (Å²) in [6.45, 7) is 0.377. The second-order valence-electron chi connectivity index (χ2n) is 8.26. The number of benzene rings is 3. The van der Waals surface area contributed by atoms with Crippen molar-refractivity contribution in [2.45, 2.75) is 12.7 Å². The Labute approximate surface area is 209 Å². The Morgan fingerprint density at radius 3 is 2.41 bits per heavy atom. The zero-order chi connectivity index (χ0) is 26.6. The second kappa shape index (κ2) is 10.8. The van der Waals surface area contributed by atoms with Crippen LogP contribution in [0.1, 0.15) is 32.0 Å². The van der Waals surface area contributed by atoms with E-state index in [9.17, 15) is 27.2 Å². The molecule has 4 rings (SSSR count). The molecular formula is C27H23F4N3O3. The Morgan fingerprint density at radius 1 is 0.946 bits per heavy atom. The van der Waals surface area contributed by atoms with Gasteiger partial charge in [-0.15, -0.1) is 0 Å². The van der Waals surface area contributed by atoms with Crippen molar-refractivity contribution < 1.29 is 31.9 Å². The maximum atomic E-state index is 14.0. The Kier molecular flexibility index (Phi) is 7.58. The summed E-state index contributed by atoms with van der Waals surface area (Å²) in [5.74, 6) is -1.66. The van der Waals surface area contributed by atoms with Crippen LogP contribution in [0.25, 0.3) is 22.0 Å². The summed E-state index contributed by atoms with van der Waals surface area (Å²) < 4.78 is 57.6. The first-order valence-corrected chi connectivity index (χ1v) is 11.3. The molecule has 0 atom stereocenters. The van der Waals surface area contributed by atoms with Crippen molar-refractivity contribution in [3.8, 4) is 11.1 Å². The van der Waals surface area contributed by atoms with Gasteiger partial charge in [-0.2, -0.15) is 13.2 Å². The standard InChI is InChI=1S/C27H23F4N3O3/c1-37-12-11-32-26(36)24-14-21-20(3-2-4-23(21)34-24)16-5-7-17(8-6-16)25(35)33-15-18-13-19(27(29,30)31)9-10-22(18)28/h2-10,13-14,34H,11-12,15H2,1H3,(H,32,36)(H,33,35). The number of H-pyrrole nitrogens is 1. The number of halogens is 4. The molecule has 37 heavy (non-hydrogen) atoms. The van der Waals surface area contributed by atoms with Crippen LogP contribution in [0.2, 0.25) is 0 Å². The molecule has 3 aromatic carbocycles. The SMILES string of the molecule is COCCNC(=O)c1cc2c(-c3ccc(C(=O)NCc4cc(C(F)(F)F)ccc4F)cc3)cccc2[nH]1. The fraction of sp³-hybridized carbons (Fsp3) is 0.185. The minimum atomic E-state index is -4.61. The van der Waals surface area contributed by atoms with Crippen molar-refractivity contribution in [3.05, 3.63) is 94.9 Å². The lowest BCUT2D eigenvalue weighted by Gasteiger charge is -2.11. The molecule has 10 heteroatoms. The fourth-order valence-electron chi connectivity index (χ4n) is 3.86. The first-order valence-electron chi connectivity index (χ1n) is 11.3. The number of amides is 2. The lowest BCUT2D eigenvalue weighted by atomic mass is 10.00. The highest BCUT2D eigenvalue weighted by atomic mass is 19.4. The third kappa shape index (κ3) is 5.97. The number of nitrogens with one attached hydrogen (secondary N) is 3. The summed E-state index contributed by atoms with van der Waals surface area (Å²) in [5.41, 5.74) is 1.79. The van der Waals surface area contributed by atoms with E-state index in [4.69, 9.17) is 4.74 Å². The van der Waals surface area contributed by atoms with Crippen molar-refractivity contribution in [3.63, 3.8) is 0 Å². The molecule has 2 amide bonds. The van der Waals surface area contributed by atoms with Gasteiger partial charge in [-0.05, 0) is 53.6 Å². The number of carbonyl (C=O) groups is 2. The average Bonchev–Trinajstić information content (AvgIpc) is 3.32. The van der Waals surface area contributed by atoms with Gasteiger partial charge in [0.2, 0.25) is 0 Å². The van der Waals surface area contributed by atoms with Gasteiger partial charge < -0.3 is 20.4 Å². The number of aromatic amines is 1. The van der Waals surface area contributed by atoms with E-state index in [1.165, 1.54) is 0 Å². The molecule has 0 radical (unpaired) electrons. The average molecular weight is 513 g/mol. The van der Waals surface area contributed by atoms with Crippen molar-refractivity contribution >= 4 is 22.7 Å². The summed E-state index contributed by atoms with van der Waals surface area (Å²) in [6, 6.07) is 16.0. The molecule has 0 saturated heterocycles. The van der Waals surface area contributed by atoms with Crippen molar-refractivity contribution in [2.75, 3.05) is 20.3 Å². The highest BCUT2D eigenvalue weighted by molar-refractivity contribution is 6.03. The Bertz CT molecular complexity index is 1430. The number of fused-ring (bicyclic) bond motifs is 1. The third-order valence-corrected chi connectivity index (χ3v) is 5.77. The number of aromatic nitrogens is 1. The summed E-state index contributed by atoms with van der Waals surface area (Å²) in [4.78, 5) is 28.0. The molecule has 0 fully saturated rings. The van der Waals surface area contributed by atoms with Gasteiger partial charge >= 0.3 is 6.18 Å². The molecule has 0 aliphatic rings. The third-order valence-electron chi connectivity index (χ3n) is 5.77. The summed E-state index contributed by atoms with van der Waals surface area (Å²) in [7, 11) is 1.55. The van der Waals surface area contributed by atoms with Gasteiger partial charge in [0.15, 0.2) is 0 Å². The fourth-order valence-corrected chi connectivity index (χ4v) is 3.86. The normalized spacial score (nSPS) is 11.5. The van der Waals surface area contributed by atoms with Crippen LogP contribution in [0.5, 0.6) is 0 Å². The van der Waals surface area contributed by atoms with Crippen LogP contribution in [0.4, 0.5) is 17.6 Å². The van der Waals surface area contributed by atoms with E-state index < -0.39 is 30.0 Å². The molecule has 0 aliphatic carbocycles. The lowest BCUT2D eigenvalue weighted by molar-refractivity contribution is -0.137. The first-order chi connectivity index (χ1) is 17.7. The van der Waals surface area contributed by atoms with Gasteiger partial charge in [0.05, 0.1) is 12.2 Å². The van der Waals surface area contributed by atoms with Gasteiger partial charge in [0.25, 0.3) is 11.8 Å². The maximum Gasteiger partial charge on any atom is 0.416 e. The van der Waals surface area contributed by atoms with Crippen LogP contribution in [0.3, 0.4) is 0 Å². The zero-order valence-corrected chi connectivity index (χ0v) is 19.7. The van der Waals surface area contributed by atoms with Gasteiger partial charge in [-0.3, -0.25) is 9.59 Å². The van der Waals surface area contributed by atoms with E-state index in [1.54, 1.807) is 37.4 Å². The predicted molar refractivity (Wildman–Crippen MR) is 131 cm³/mol. The summed E-state index contributed by atoms with van der Waals surface area (Å²) in [6.07, 6.45) is -4.61. The summed E-state index contributed by atoms with van der Waals surface area (Å²) in [5, 5.41) is 6.03. The number of carbonyl (C=O) groups excluding carboxylic acids is 2. The molecule has 1 aromatic heterocycles. The molecule has 0 spiro atoms. The molecular weight excluding hydrogens is 490 g/mol. The molecule has 6 nitrogen and oxygen atoms in total. The number of alkyl halides is 3. The quantitative estimate of drug-likeness (QED) is 0.221. The molecule has 0 unspecified atom stereocenters. The van der Waals surface area contributed by atoms with E-state index in [0.717, 1.165) is 28.1 Å². The van der Waals surface area contributed by atoms with Gasteiger partial charge in [-0.1, -0.05) is 24.3 Å². The van der Waals surface area contributed by atoms with E-state index in [-0.39, 0.29) is 17.0 Å². The van der Waals surface area contributed by atoms with Crippen molar-refractivity contribution in [1.82, 2.24) is 15.6 Å². The number of hydrogen-bond donors (Lipinski definition) is 3. The van der Waals surface area contributed by atoms with E-state index in [2.05, 4.69) is 15.6 Å². The van der Waals surface area contributed by atoms with Crippen molar-refractivity contribution in [1.29, 1.82) is 0 Å². The van der Waals surface area contributed by atoms with E-state index in [0.29, 0.717) is 31.0 Å². The predicted octanol–water partition coefficient (Wildman–Crippen LogP) is 5.30. The number of methoxy groups -OCH3 is 1. The maximum absolute atomic E-state index is 14.0. The van der Waals surface area contributed by atoms with Crippen LogP contribution in [0.15, 0.2) is 66.7 Å². The Balaban J connectivity index is 1.48. The first kappa shape index (κ1) is 25.9. The van der Waals surface area contributed by atoms with Crippen LogP contribution >= 0.6 is 0 Å². The highest BCUT2D eigenvalue weighted by Gasteiger charge is 2.31. The van der Waals surface area contributed by atoms with E-state index in [1.807, 2.05) is 18.2 Å². The smallest absolute Gasteiger partial charge is 0.383 e. The Morgan fingerprint density at radius 2 is 1.70 bits per heavy atom. The minimum Gasteiger partial charge on any atom is -0.383 e. The molecule has 192 valence electrons. The molecule has 0 saturated carbocycles. The summed E-state index contributed by atoms with van der Waals surface area (Å²) >= 11 is 0. The largest absolute Gasteiger partial charge is 0.416 e. The second-order valence-corrected chi connectivity index (χ2v) is 8.26. The molecule has 4 aromatic rings. The van der Waals surface area contributed by atoms with Crippen LogP contribution in [-0.4, -0.2) is 37.1 Å². The van der Waals surface area contributed by atoms with Gasteiger partial charge in [-0.25, -0.2) is 4.39 Å². The molecule has 0 aliphatic heterocycles. The van der Waals surface area contributed by atoms with E-state index >= 15 is 0 Å². The molecule has 3 N–H and O–H groups in total. The minimum absolute atomic E-state index is 0.260. The van der Waals surface area contributed by atoms with Gasteiger partial charge in [0.1, 0.15) is 11.5 Å². The van der Waals surface area contributed by atoms with Crippen LogP contribution < -0.4 is 10.6 Å². The monoisotopic (exact) mass is 513 g/mol. The zero-order valence-electron chi connectivity index (χ0n) is 19.7. The van der Waals surface area contributed by atoms with Crippen LogP contribution in [-0.2, 0) is 17.5 Å². The topological polar surface area (TPSA) is 83.2 Å².